The van der Waals surface area contributed by atoms with Crippen LogP contribution in [0.5, 0.6) is 0 Å². The summed E-state index contributed by atoms with van der Waals surface area (Å²) in [7, 11) is 0. The molecule has 0 aromatic heterocycles. The number of carbonyl (C=O) groups is 2. The van der Waals surface area contributed by atoms with Crippen LogP contribution in [0.15, 0.2) is 42.5 Å². The van der Waals surface area contributed by atoms with E-state index in [9.17, 15) is 14.7 Å². The number of hydrogen-bond donors (Lipinski definition) is 2. The quantitative estimate of drug-likeness (QED) is 0.754. The second-order valence-electron chi connectivity index (χ2n) is 6.93. The zero-order chi connectivity index (χ0) is 19.8. The van der Waals surface area contributed by atoms with Crippen LogP contribution in [0.1, 0.15) is 25.0 Å². The molecule has 142 valence electrons. The number of fused-ring (bicyclic) bond motifs is 1. The predicted octanol–water partition coefficient (Wildman–Crippen LogP) is 4.18. The van der Waals surface area contributed by atoms with E-state index in [4.69, 9.17) is 23.2 Å². The van der Waals surface area contributed by atoms with Crippen molar-refractivity contribution in [3.63, 3.8) is 0 Å². The van der Waals surface area contributed by atoms with E-state index in [0.29, 0.717) is 27.7 Å². The molecule has 1 heterocycles. The van der Waals surface area contributed by atoms with E-state index in [-0.39, 0.29) is 18.5 Å². The number of anilines is 1. The average Bonchev–Trinajstić information content (AvgIpc) is 2.84. The number of amides is 1. The fourth-order valence-corrected chi connectivity index (χ4v) is 4.12. The maximum Gasteiger partial charge on any atom is 0.317 e. The highest BCUT2D eigenvalue weighted by molar-refractivity contribution is 6.31. The minimum atomic E-state index is -1.17. The Morgan fingerprint density at radius 3 is 2.52 bits per heavy atom. The molecule has 0 radical (unpaired) electrons. The molecule has 0 bridgehead atoms. The van der Waals surface area contributed by atoms with E-state index in [0.717, 1.165) is 5.56 Å². The van der Waals surface area contributed by atoms with Crippen molar-refractivity contribution in [3.8, 4) is 0 Å². The van der Waals surface area contributed by atoms with Crippen LogP contribution in [0.25, 0.3) is 0 Å². The topological polar surface area (TPSA) is 69.6 Å². The SMILES string of the molecule is CC(C)N(CC(=O)O)C1(Cc2cccc(Cl)c2)C(=O)Nc2cc(Cl)ccc21. The Bertz CT molecular complexity index is 901. The Morgan fingerprint density at radius 2 is 1.89 bits per heavy atom. The molecule has 1 unspecified atom stereocenters. The number of benzene rings is 2. The van der Waals surface area contributed by atoms with E-state index in [1.807, 2.05) is 26.0 Å². The molecule has 1 aliphatic rings. The van der Waals surface area contributed by atoms with Gasteiger partial charge in [-0.1, -0.05) is 41.4 Å². The number of aliphatic carboxylic acids is 1. The lowest BCUT2D eigenvalue weighted by Gasteiger charge is -2.41. The predicted molar refractivity (Wildman–Crippen MR) is 106 cm³/mol. The first kappa shape index (κ1) is 19.7. The van der Waals surface area contributed by atoms with E-state index in [2.05, 4.69) is 5.32 Å². The zero-order valence-electron chi connectivity index (χ0n) is 15.0. The number of nitrogens with zero attached hydrogens (tertiary/aromatic N) is 1. The molecular weight excluding hydrogens is 387 g/mol. The summed E-state index contributed by atoms with van der Waals surface area (Å²) in [6, 6.07) is 12.3. The number of hydrogen-bond acceptors (Lipinski definition) is 3. The second kappa shape index (κ2) is 7.50. The number of nitrogens with one attached hydrogen (secondary N) is 1. The summed E-state index contributed by atoms with van der Waals surface area (Å²) >= 11 is 12.2. The van der Waals surface area contributed by atoms with Gasteiger partial charge in [0.1, 0.15) is 5.54 Å². The summed E-state index contributed by atoms with van der Waals surface area (Å²) in [6.45, 7) is 3.49. The van der Waals surface area contributed by atoms with E-state index in [1.165, 1.54) is 0 Å². The van der Waals surface area contributed by atoms with Crippen LogP contribution in [0.3, 0.4) is 0 Å². The molecule has 2 aromatic rings. The first-order valence-corrected chi connectivity index (χ1v) is 9.34. The first-order valence-electron chi connectivity index (χ1n) is 8.58. The fraction of sp³-hybridized carbons (Fsp3) is 0.300. The smallest absolute Gasteiger partial charge is 0.317 e. The van der Waals surface area contributed by atoms with E-state index < -0.39 is 11.5 Å². The number of halogens is 2. The summed E-state index contributed by atoms with van der Waals surface area (Å²) in [5.74, 6) is -1.26. The molecule has 0 saturated carbocycles. The van der Waals surface area contributed by atoms with Gasteiger partial charge in [0.15, 0.2) is 0 Å². The van der Waals surface area contributed by atoms with Gasteiger partial charge in [0.2, 0.25) is 5.91 Å². The van der Waals surface area contributed by atoms with Crippen molar-refractivity contribution in [2.45, 2.75) is 31.8 Å². The summed E-state index contributed by atoms with van der Waals surface area (Å²) in [6.07, 6.45) is 0.291. The molecule has 0 spiro atoms. The third-order valence-electron chi connectivity index (χ3n) is 4.82. The van der Waals surface area contributed by atoms with Crippen molar-refractivity contribution in [2.75, 3.05) is 11.9 Å². The van der Waals surface area contributed by atoms with Gasteiger partial charge in [-0.05, 0) is 43.7 Å². The molecule has 27 heavy (non-hydrogen) atoms. The van der Waals surface area contributed by atoms with Gasteiger partial charge in [-0.15, -0.1) is 0 Å². The number of carboxylic acids is 1. The normalized spacial score (nSPS) is 18.7. The van der Waals surface area contributed by atoms with Gasteiger partial charge < -0.3 is 10.4 Å². The van der Waals surface area contributed by atoms with Gasteiger partial charge >= 0.3 is 5.97 Å². The van der Waals surface area contributed by atoms with Crippen LogP contribution in [0.2, 0.25) is 10.0 Å². The van der Waals surface area contributed by atoms with Crippen LogP contribution < -0.4 is 5.32 Å². The Hall–Kier alpha value is -2.08. The molecule has 1 aliphatic heterocycles. The molecule has 2 N–H and O–H groups in total. The summed E-state index contributed by atoms with van der Waals surface area (Å²) in [5, 5.41) is 13.4. The number of rotatable bonds is 6. The fourth-order valence-electron chi connectivity index (χ4n) is 3.74. The largest absolute Gasteiger partial charge is 0.480 e. The van der Waals surface area contributed by atoms with Crippen LogP contribution in [-0.2, 0) is 21.5 Å². The summed E-state index contributed by atoms with van der Waals surface area (Å²) in [4.78, 5) is 26.5. The van der Waals surface area contributed by atoms with Crippen molar-refractivity contribution in [3.05, 3.63) is 63.6 Å². The molecule has 5 nitrogen and oxygen atoms in total. The lowest BCUT2D eigenvalue weighted by atomic mass is 9.82. The van der Waals surface area contributed by atoms with E-state index in [1.54, 1.807) is 35.2 Å². The van der Waals surface area contributed by atoms with Crippen molar-refractivity contribution in [1.82, 2.24) is 4.90 Å². The average molecular weight is 407 g/mol. The van der Waals surface area contributed by atoms with Gasteiger partial charge in [0, 0.05) is 33.8 Å². The number of carbonyl (C=O) groups excluding carboxylic acids is 1. The molecular formula is C20H20Cl2N2O3. The lowest BCUT2D eigenvalue weighted by molar-refractivity contribution is -0.143. The van der Waals surface area contributed by atoms with Crippen LogP contribution in [0.4, 0.5) is 5.69 Å². The molecule has 3 rings (SSSR count). The highest BCUT2D eigenvalue weighted by atomic mass is 35.5. The van der Waals surface area contributed by atoms with Crippen molar-refractivity contribution >= 4 is 40.8 Å². The van der Waals surface area contributed by atoms with Gasteiger partial charge in [0.05, 0.1) is 6.54 Å². The minimum Gasteiger partial charge on any atom is -0.480 e. The molecule has 0 aliphatic carbocycles. The first-order chi connectivity index (χ1) is 12.7. The Morgan fingerprint density at radius 1 is 1.19 bits per heavy atom. The Labute approximate surface area is 167 Å². The van der Waals surface area contributed by atoms with Gasteiger partial charge in [-0.25, -0.2) is 0 Å². The molecule has 1 atom stereocenters. The standard InChI is InChI=1S/C20H20Cl2N2O3/c1-12(2)24(11-18(25)26)20(10-13-4-3-5-14(21)8-13)16-7-6-15(22)9-17(16)23-19(20)27/h3-9,12H,10-11H2,1-2H3,(H,23,27)(H,25,26). The Balaban J connectivity index is 2.21. The second-order valence-corrected chi connectivity index (χ2v) is 7.80. The third-order valence-corrected chi connectivity index (χ3v) is 5.29. The van der Waals surface area contributed by atoms with Gasteiger partial charge in [-0.2, -0.15) is 0 Å². The van der Waals surface area contributed by atoms with Crippen molar-refractivity contribution in [1.29, 1.82) is 0 Å². The number of carboxylic acid groups (broad SMARTS) is 1. The molecule has 7 heteroatoms. The zero-order valence-corrected chi connectivity index (χ0v) is 16.5. The summed E-state index contributed by atoms with van der Waals surface area (Å²) in [5.41, 5.74) is 0.992. The maximum atomic E-state index is 13.3. The Kier molecular flexibility index (Phi) is 5.47. The monoisotopic (exact) mass is 406 g/mol. The summed E-state index contributed by atoms with van der Waals surface area (Å²) < 4.78 is 0. The minimum absolute atomic E-state index is 0.187. The lowest BCUT2D eigenvalue weighted by Crippen LogP contribution is -2.57. The highest BCUT2D eigenvalue weighted by Crippen LogP contribution is 2.45. The van der Waals surface area contributed by atoms with Gasteiger partial charge in [0.25, 0.3) is 0 Å². The van der Waals surface area contributed by atoms with Gasteiger partial charge in [-0.3, -0.25) is 14.5 Å². The van der Waals surface area contributed by atoms with Crippen LogP contribution in [0, 0.1) is 0 Å². The molecule has 2 aromatic carbocycles. The molecule has 0 fully saturated rings. The molecule has 1 amide bonds. The van der Waals surface area contributed by atoms with Crippen molar-refractivity contribution < 1.29 is 14.7 Å². The van der Waals surface area contributed by atoms with Crippen LogP contribution >= 0.6 is 23.2 Å². The third kappa shape index (κ3) is 3.68. The molecule has 0 saturated heterocycles. The van der Waals surface area contributed by atoms with E-state index >= 15 is 0 Å². The van der Waals surface area contributed by atoms with Crippen LogP contribution in [-0.4, -0.2) is 34.5 Å². The highest BCUT2D eigenvalue weighted by Gasteiger charge is 2.52. The maximum absolute atomic E-state index is 13.3. The van der Waals surface area contributed by atoms with Crippen molar-refractivity contribution in [2.24, 2.45) is 0 Å².